The average molecular weight is 267 g/mol. The SMILES string of the molecule is OC(Cc1cccc(Cl)c1)C1CN2CCN1CC2. The first-order valence-corrected chi connectivity index (χ1v) is 6.99. The van der Waals surface area contributed by atoms with Crippen LogP contribution >= 0.6 is 11.6 Å². The standard InChI is InChI=1S/C14H19ClN2O/c15-12-3-1-2-11(8-12)9-14(18)13-10-16-4-6-17(13)7-5-16/h1-3,8,13-14,18H,4-7,9-10H2. The Balaban J connectivity index is 1.66. The predicted octanol–water partition coefficient (Wildman–Crippen LogP) is 1.24. The molecule has 0 saturated carbocycles. The minimum absolute atomic E-state index is 0.284. The number of hydrogen-bond donors (Lipinski definition) is 1. The van der Waals surface area contributed by atoms with Crippen LogP contribution in [0.15, 0.2) is 24.3 Å². The van der Waals surface area contributed by atoms with Gasteiger partial charge in [0.15, 0.2) is 0 Å². The molecule has 98 valence electrons. The molecule has 0 aromatic heterocycles. The molecule has 1 N–H and O–H groups in total. The van der Waals surface area contributed by atoms with Gasteiger partial charge in [0.25, 0.3) is 0 Å². The lowest BCUT2D eigenvalue weighted by Gasteiger charge is -2.49. The van der Waals surface area contributed by atoms with Gasteiger partial charge in [-0.1, -0.05) is 23.7 Å². The third kappa shape index (κ3) is 2.54. The molecule has 3 nitrogen and oxygen atoms in total. The molecular weight excluding hydrogens is 248 g/mol. The molecule has 0 spiro atoms. The van der Waals surface area contributed by atoms with Gasteiger partial charge >= 0.3 is 0 Å². The zero-order chi connectivity index (χ0) is 12.5. The summed E-state index contributed by atoms with van der Waals surface area (Å²) >= 11 is 5.98. The molecule has 1 aromatic carbocycles. The minimum atomic E-state index is -0.299. The van der Waals surface area contributed by atoms with Gasteiger partial charge < -0.3 is 5.11 Å². The van der Waals surface area contributed by atoms with E-state index in [0.717, 1.165) is 43.3 Å². The van der Waals surface area contributed by atoms with Gasteiger partial charge in [-0.15, -0.1) is 0 Å². The van der Waals surface area contributed by atoms with Gasteiger partial charge in [0.1, 0.15) is 0 Å². The maximum absolute atomic E-state index is 10.4. The van der Waals surface area contributed by atoms with Gasteiger partial charge in [0, 0.05) is 43.8 Å². The minimum Gasteiger partial charge on any atom is -0.391 e. The molecule has 3 aliphatic heterocycles. The summed E-state index contributed by atoms with van der Waals surface area (Å²) in [7, 11) is 0. The summed E-state index contributed by atoms with van der Waals surface area (Å²) in [6.07, 6.45) is 0.391. The van der Waals surface area contributed by atoms with Crippen LogP contribution in [-0.4, -0.2) is 59.8 Å². The molecule has 0 amide bonds. The zero-order valence-corrected chi connectivity index (χ0v) is 11.2. The van der Waals surface area contributed by atoms with E-state index in [4.69, 9.17) is 11.6 Å². The van der Waals surface area contributed by atoms with Gasteiger partial charge in [-0.25, -0.2) is 0 Å². The highest BCUT2D eigenvalue weighted by Crippen LogP contribution is 2.21. The summed E-state index contributed by atoms with van der Waals surface area (Å²) < 4.78 is 0. The zero-order valence-electron chi connectivity index (χ0n) is 10.4. The van der Waals surface area contributed by atoms with Crippen molar-refractivity contribution in [3.63, 3.8) is 0 Å². The topological polar surface area (TPSA) is 26.7 Å². The Kier molecular flexibility index (Phi) is 3.57. The monoisotopic (exact) mass is 266 g/mol. The van der Waals surface area contributed by atoms with Crippen molar-refractivity contribution in [3.8, 4) is 0 Å². The number of aliphatic hydroxyl groups excluding tert-OH is 1. The average Bonchev–Trinajstić information content (AvgIpc) is 2.40. The number of aliphatic hydroxyl groups is 1. The molecular formula is C14H19ClN2O. The van der Waals surface area contributed by atoms with Crippen molar-refractivity contribution in [2.24, 2.45) is 0 Å². The van der Waals surface area contributed by atoms with Gasteiger partial charge in [0.2, 0.25) is 0 Å². The molecule has 2 unspecified atom stereocenters. The molecule has 0 aliphatic carbocycles. The quantitative estimate of drug-likeness (QED) is 0.892. The number of rotatable bonds is 3. The van der Waals surface area contributed by atoms with E-state index in [2.05, 4.69) is 9.80 Å². The lowest BCUT2D eigenvalue weighted by molar-refractivity contribution is -0.0453. The van der Waals surface area contributed by atoms with Gasteiger partial charge in [0.05, 0.1) is 6.10 Å². The van der Waals surface area contributed by atoms with Crippen molar-refractivity contribution in [2.45, 2.75) is 18.6 Å². The van der Waals surface area contributed by atoms with Crippen LogP contribution in [0.5, 0.6) is 0 Å². The molecule has 2 atom stereocenters. The fourth-order valence-electron chi connectivity index (χ4n) is 3.06. The highest BCUT2D eigenvalue weighted by Gasteiger charge is 2.35. The summed E-state index contributed by atoms with van der Waals surface area (Å²) in [4.78, 5) is 4.88. The summed E-state index contributed by atoms with van der Waals surface area (Å²) in [6.45, 7) is 5.50. The number of hydrogen-bond acceptors (Lipinski definition) is 3. The normalized spacial score (nSPS) is 32.4. The van der Waals surface area contributed by atoms with E-state index in [1.54, 1.807) is 0 Å². The lowest BCUT2D eigenvalue weighted by Crippen LogP contribution is -2.64. The number of piperazine rings is 3. The fraction of sp³-hybridized carbons (Fsp3) is 0.571. The van der Waals surface area contributed by atoms with Crippen LogP contribution in [0.25, 0.3) is 0 Å². The third-order valence-corrected chi connectivity index (χ3v) is 4.33. The van der Waals surface area contributed by atoms with Crippen molar-refractivity contribution < 1.29 is 5.11 Å². The van der Waals surface area contributed by atoms with Crippen LogP contribution in [0.3, 0.4) is 0 Å². The van der Waals surface area contributed by atoms with E-state index >= 15 is 0 Å². The molecule has 1 aromatic rings. The molecule has 3 aliphatic rings. The fourth-order valence-corrected chi connectivity index (χ4v) is 3.28. The summed E-state index contributed by atoms with van der Waals surface area (Å²) in [6, 6.07) is 8.08. The first-order chi connectivity index (χ1) is 8.72. The number of benzene rings is 1. The maximum atomic E-state index is 10.4. The summed E-state index contributed by atoms with van der Waals surface area (Å²) in [5.41, 5.74) is 1.12. The Morgan fingerprint density at radius 3 is 2.67 bits per heavy atom. The van der Waals surface area contributed by atoms with Crippen molar-refractivity contribution in [3.05, 3.63) is 34.9 Å². The van der Waals surface area contributed by atoms with Gasteiger partial charge in [-0.3, -0.25) is 9.80 Å². The number of halogens is 1. The molecule has 18 heavy (non-hydrogen) atoms. The van der Waals surface area contributed by atoms with Crippen LogP contribution in [0.4, 0.5) is 0 Å². The van der Waals surface area contributed by atoms with Crippen LogP contribution in [0.2, 0.25) is 5.02 Å². The lowest BCUT2D eigenvalue weighted by atomic mass is 9.97. The molecule has 4 rings (SSSR count). The Bertz CT molecular complexity index is 418. The largest absolute Gasteiger partial charge is 0.391 e. The first kappa shape index (κ1) is 12.4. The number of fused-ring (bicyclic) bond motifs is 3. The van der Waals surface area contributed by atoms with Crippen LogP contribution < -0.4 is 0 Å². The van der Waals surface area contributed by atoms with E-state index in [1.165, 1.54) is 0 Å². The molecule has 3 saturated heterocycles. The highest BCUT2D eigenvalue weighted by molar-refractivity contribution is 6.30. The molecule has 0 radical (unpaired) electrons. The second-order valence-electron chi connectivity index (χ2n) is 5.31. The molecule has 3 fully saturated rings. The smallest absolute Gasteiger partial charge is 0.0748 e. The summed E-state index contributed by atoms with van der Waals surface area (Å²) in [5.74, 6) is 0. The Labute approximate surface area is 113 Å². The van der Waals surface area contributed by atoms with Gasteiger partial charge in [-0.05, 0) is 24.1 Å². The maximum Gasteiger partial charge on any atom is 0.0748 e. The Hall–Kier alpha value is -0.610. The highest BCUT2D eigenvalue weighted by atomic mass is 35.5. The van der Waals surface area contributed by atoms with Crippen molar-refractivity contribution in [2.75, 3.05) is 32.7 Å². The van der Waals surface area contributed by atoms with Crippen LogP contribution in [0.1, 0.15) is 5.56 Å². The second kappa shape index (κ2) is 5.17. The number of nitrogens with zero attached hydrogens (tertiary/aromatic N) is 2. The third-order valence-electron chi connectivity index (χ3n) is 4.10. The van der Waals surface area contributed by atoms with Crippen molar-refractivity contribution >= 4 is 11.6 Å². The van der Waals surface area contributed by atoms with E-state index in [9.17, 15) is 5.11 Å². The van der Waals surface area contributed by atoms with E-state index in [1.807, 2.05) is 24.3 Å². The van der Waals surface area contributed by atoms with Crippen molar-refractivity contribution in [1.29, 1.82) is 0 Å². The van der Waals surface area contributed by atoms with Crippen LogP contribution in [0, 0.1) is 0 Å². The Morgan fingerprint density at radius 1 is 1.28 bits per heavy atom. The second-order valence-corrected chi connectivity index (χ2v) is 5.74. The van der Waals surface area contributed by atoms with Crippen molar-refractivity contribution in [1.82, 2.24) is 9.80 Å². The summed E-state index contributed by atoms with van der Waals surface area (Å²) in [5, 5.41) is 11.2. The van der Waals surface area contributed by atoms with E-state index in [0.29, 0.717) is 6.42 Å². The molecule has 3 heterocycles. The Morgan fingerprint density at radius 2 is 2.06 bits per heavy atom. The van der Waals surface area contributed by atoms with E-state index in [-0.39, 0.29) is 12.1 Å². The van der Waals surface area contributed by atoms with Gasteiger partial charge in [-0.2, -0.15) is 0 Å². The predicted molar refractivity (Wildman–Crippen MR) is 73.0 cm³/mol. The molecule has 2 bridgehead atoms. The first-order valence-electron chi connectivity index (χ1n) is 6.61. The van der Waals surface area contributed by atoms with Crippen LogP contribution in [-0.2, 0) is 6.42 Å². The molecule has 4 heteroatoms. The van der Waals surface area contributed by atoms with E-state index < -0.39 is 0 Å².